The molecule has 4 atom stereocenters. The van der Waals surface area contributed by atoms with Crippen LogP contribution in [0.4, 0.5) is 0 Å². The molecule has 220 valence electrons. The van der Waals surface area contributed by atoms with Crippen LogP contribution in [0.3, 0.4) is 0 Å². The highest BCUT2D eigenvalue weighted by Crippen LogP contribution is 2.07. The molecular formula is C23H42N10O5S. The fourth-order valence-electron chi connectivity index (χ4n) is 3.58. The van der Waals surface area contributed by atoms with E-state index in [1.54, 1.807) is 6.20 Å². The maximum Gasteiger partial charge on any atom is 0.326 e. The van der Waals surface area contributed by atoms with E-state index in [9.17, 15) is 24.3 Å². The molecule has 1 aromatic rings. The Kier molecular flexibility index (Phi) is 16.2. The van der Waals surface area contributed by atoms with Crippen LogP contribution in [0.1, 0.15) is 44.2 Å². The summed E-state index contributed by atoms with van der Waals surface area (Å²) in [6, 6.07) is -4.14. The Bertz CT molecular complexity index is 926. The zero-order chi connectivity index (χ0) is 29.2. The van der Waals surface area contributed by atoms with Gasteiger partial charge in [0.05, 0.1) is 12.4 Å². The summed E-state index contributed by atoms with van der Waals surface area (Å²) in [6.45, 7) is 0.611. The van der Waals surface area contributed by atoms with E-state index in [1.165, 1.54) is 18.1 Å². The third-order valence-electron chi connectivity index (χ3n) is 5.71. The predicted octanol–water partition coefficient (Wildman–Crippen LogP) is -2.25. The molecule has 1 aromatic heterocycles. The summed E-state index contributed by atoms with van der Waals surface area (Å²) < 4.78 is 0. The smallest absolute Gasteiger partial charge is 0.326 e. The number of carbonyl (C=O) groups is 4. The van der Waals surface area contributed by atoms with Gasteiger partial charge in [0.2, 0.25) is 17.7 Å². The summed E-state index contributed by atoms with van der Waals surface area (Å²) in [5.74, 6) is -2.59. The van der Waals surface area contributed by atoms with Crippen LogP contribution in [0, 0.1) is 0 Å². The number of hydrogen-bond donors (Lipinski definition) is 9. The van der Waals surface area contributed by atoms with Crippen LogP contribution >= 0.6 is 11.8 Å². The zero-order valence-corrected chi connectivity index (χ0v) is 23.0. The number of unbranched alkanes of at least 4 members (excludes halogenated alkanes) is 1. The Morgan fingerprint density at radius 1 is 1.00 bits per heavy atom. The SMILES string of the molecule is CSCCC(NC(=O)C(CCCN=C(N)N)NC(=O)C(CCCCN)NC(=O)C(N)Cc1cnc[nH]1)C(=O)O. The van der Waals surface area contributed by atoms with E-state index >= 15 is 0 Å². The first kappa shape index (κ1) is 33.7. The topological polar surface area (TPSA) is 270 Å². The predicted molar refractivity (Wildman–Crippen MR) is 150 cm³/mol. The van der Waals surface area contributed by atoms with Gasteiger partial charge in [-0.05, 0) is 57.1 Å². The lowest BCUT2D eigenvalue weighted by Crippen LogP contribution is -2.57. The van der Waals surface area contributed by atoms with Crippen LogP contribution in [0.5, 0.6) is 0 Å². The van der Waals surface area contributed by atoms with E-state index in [-0.39, 0.29) is 38.2 Å². The molecule has 0 fully saturated rings. The molecule has 0 spiro atoms. The number of imidazole rings is 1. The number of rotatable bonds is 20. The molecule has 0 aliphatic rings. The number of thioether (sulfide) groups is 1. The van der Waals surface area contributed by atoms with Gasteiger partial charge >= 0.3 is 5.97 Å². The van der Waals surface area contributed by atoms with E-state index in [0.717, 1.165) is 0 Å². The molecule has 3 amide bonds. The maximum absolute atomic E-state index is 13.3. The number of aliphatic imine (C=N–C) groups is 1. The van der Waals surface area contributed by atoms with Crippen molar-refractivity contribution in [1.82, 2.24) is 25.9 Å². The molecule has 13 N–H and O–H groups in total. The number of aromatic amines is 1. The fraction of sp³-hybridized carbons (Fsp3) is 0.652. The lowest BCUT2D eigenvalue weighted by atomic mass is 10.0. The van der Waals surface area contributed by atoms with Gasteiger partial charge < -0.3 is 49.0 Å². The number of nitrogens with two attached hydrogens (primary N) is 4. The van der Waals surface area contributed by atoms with Crippen LogP contribution in [-0.4, -0.2) is 94.0 Å². The number of aromatic nitrogens is 2. The lowest BCUT2D eigenvalue weighted by Gasteiger charge is -2.25. The number of aliphatic carboxylic acids is 1. The minimum atomic E-state index is -1.18. The van der Waals surface area contributed by atoms with Crippen LogP contribution in [0.25, 0.3) is 0 Å². The van der Waals surface area contributed by atoms with Crippen molar-refractivity contribution in [3.63, 3.8) is 0 Å². The molecule has 0 saturated heterocycles. The molecule has 15 nitrogen and oxygen atoms in total. The monoisotopic (exact) mass is 570 g/mol. The van der Waals surface area contributed by atoms with Crippen molar-refractivity contribution >= 4 is 41.4 Å². The molecule has 1 rings (SSSR count). The highest BCUT2D eigenvalue weighted by molar-refractivity contribution is 7.98. The van der Waals surface area contributed by atoms with E-state index in [1.807, 2.05) is 6.26 Å². The Morgan fingerprint density at radius 2 is 1.62 bits per heavy atom. The quantitative estimate of drug-likeness (QED) is 0.0459. The lowest BCUT2D eigenvalue weighted by molar-refractivity contribution is -0.142. The highest BCUT2D eigenvalue weighted by atomic mass is 32.2. The van der Waals surface area contributed by atoms with Crippen LogP contribution in [0.2, 0.25) is 0 Å². The number of nitrogens with one attached hydrogen (secondary N) is 4. The summed E-state index contributed by atoms with van der Waals surface area (Å²) in [5, 5.41) is 17.3. The number of hydrogen-bond acceptors (Lipinski definition) is 9. The number of guanidine groups is 1. The molecule has 16 heteroatoms. The van der Waals surface area contributed by atoms with E-state index in [2.05, 4.69) is 30.9 Å². The van der Waals surface area contributed by atoms with Crippen molar-refractivity contribution in [2.75, 3.05) is 25.1 Å². The molecular weight excluding hydrogens is 528 g/mol. The second kappa shape index (κ2) is 18.8. The first-order valence-electron chi connectivity index (χ1n) is 12.7. The second-order valence-electron chi connectivity index (χ2n) is 8.92. The summed E-state index contributed by atoms with van der Waals surface area (Å²) in [7, 11) is 0. The van der Waals surface area contributed by atoms with Gasteiger partial charge in [-0.3, -0.25) is 19.4 Å². The van der Waals surface area contributed by atoms with Crippen molar-refractivity contribution < 1.29 is 24.3 Å². The number of amides is 3. The van der Waals surface area contributed by atoms with Crippen LogP contribution in [-0.2, 0) is 25.6 Å². The molecule has 0 aliphatic heterocycles. The number of carbonyl (C=O) groups excluding carboxylic acids is 3. The van der Waals surface area contributed by atoms with Crippen molar-refractivity contribution in [3.05, 3.63) is 18.2 Å². The zero-order valence-electron chi connectivity index (χ0n) is 22.2. The maximum atomic E-state index is 13.3. The van der Waals surface area contributed by atoms with Gasteiger partial charge in [0.15, 0.2) is 5.96 Å². The summed E-state index contributed by atoms with van der Waals surface area (Å²) in [5.41, 5.74) is 23.0. The van der Waals surface area contributed by atoms with Gasteiger partial charge in [-0.15, -0.1) is 0 Å². The minimum absolute atomic E-state index is 0.114. The largest absolute Gasteiger partial charge is 0.480 e. The Balaban J connectivity index is 2.99. The average Bonchev–Trinajstić information content (AvgIpc) is 3.40. The van der Waals surface area contributed by atoms with Gasteiger partial charge in [0.1, 0.15) is 18.1 Å². The Labute approximate surface area is 232 Å². The van der Waals surface area contributed by atoms with Gasteiger partial charge in [0, 0.05) is 24.9 Å². The number of H-pyrrole nitrogens is 1. The fourth-order valence-corrected chi connectivity index (χ4v) is 4.05. The Hall–Kier alpha value is -3.37. The average molecular weight is 571 g/mol. The number of carboxylic acid groups (broad SMARTS) is 1. The first-order valence-corrected chi connectivity index (χ1v) is 14.1. The van der Waals surface area contributed by atoms with Crippen molar-refractivity contribution in [2.45, 2.75) is 69.1 Å². The molecule has 0 aliphatic carbocycles. The number of carboxylic acids is 1. The van der Waals surface area contributed by atoms with E-state index in [0.29, 0.717) is 37.3 Å². The summed E-state index contributed by atoms with van der Waals surface area (Å²) in [6.07, 6.45) is 7.14. The minimum Gasteiger partial charge on any atom is -0.480 e. The normalized spacial score (nSPS) is 13.9. The third kappa shape index (κ3) is 13.8. The second-order valence-corrected chi connectivity index (χ2v) is 9.91. The van der Waals surface area contributed by atoms with Crippen molar-refractivity contribution in [1.29, 1.82) is 0 Å². The summed E-state index contributed by atoms with van der Waals surface area (Å²) >= 11 is 1.45. The molecule has 0 saturated carbocycles. The molecule has 0 radical (unpaired) electrons. The molecule has 0 bridgehead atoms. The third-order valence-corrected chi connectivity index (χ3v) is 6.36. The standard InChI is InChI=1S/C23H42N10O5S/c1-39-10-7-18(22(37)38)33-21(36)17(6-4-9-29-23(26)27)32-20(35)16(5-2-3-8-24)31-19(34)15(25)11-14-12-28-13-30-14/h12-13,15-18H,2-11,24-25H2,1H3,(H,28,30)(H,31,34)(H,32,35)(H,33,36)(H,37,38)(H4,26,27,29). The van der Waals surface area contributed by atoms with Gasteiger partial charge in [-0.25, -0.2) is 9.78 Å². The molecule has 0 aromatic carbocycles. The van der Waals surface area contributed by atoms with Crippen molar-refractivity contribution in [3.8, 4) is 0 Å². The van der Waals surface area contributed by atoms with Gasteiger partial charge in [0.25, 0.3) is 0 Å². The van der Waals surface area contributed by atoms with E-state index in [4.69, 9.17) is 22.9 Å². The first-order chi connectivity index (χ1) is 18.6. The van der Waals surface area contributed by atoms with Crippen molar-refractivity contribution in [2.24, 2.45) is 27.9 Å². The molecule has 1 heterocycles. The van der Waals surface area contributed by atoms with Gasteiger partial charge in [-0.2, -0.15) is 11.8 Å². The van der Waals surface area contributed by atoms with Crippen LogP contribution in [0.15, 0.2) is 17.5 Å². The highest BCUT2D eigenvalue weighted by Gasteiger charge is 2.30. The summed E-state index contributed by atoms with van der Waals surface area (Å²) in [4.78, 5) is 61.4. The van der Waals surface area contributed by atoms with E-state index < -0.39 is 47.9 Å². The molecule has 4 unspecified atom stereocenters. The molecule has 39 heavy (non-hydrogen) atoms. The Morgan fingerprint density at radius 3 is 2.15 bits per heavy atom. The van der Waals surface area contributed by atoms with Crippen LogP contribution < -0.4 is 38.9 Å². The number of nitrogens with zero attached hydrogens (tertiary/aromatic N) is 2. The van der Waals surface area contributed by atoms with Gasteiger partial charge in [-0.1, -0.05) is 0 Å².